The molecular weight excluding hydrogens is 320 g/mol. The maximum Gasteiger partial charge on any atom is 0.322 e. The molecule has 2 amide bonds. The predicted octanol–water partition coefficient (Wildman–Crippen LogP) is 1.57. The molecule has 0 aliphatic heterocycles. The summed E-state index contributed by atoms with van der Waals surface area (Å²) < 4.78 is 2.04. The lowest BCUT2D eigenvalue weighted by molar-refractivity contribution is -0.0728. The topological polar surface area (TPSA) is 113 Å². The fourth-order valence-corrected chi connectivity index (χ4v) is 5.85. The van der Waals surface area contributed by atoms with E-state index in [4.69, 9.17) is 0 Å². The lowest BCUT2D eigenvalue weighted by Gasteiger charge is -2.61. The third-order valence-electron chi connectivity index (χ3n) is 6.14. The molecule has 25 heavy (non-hydrogen) atoms. The molecule has 2 atom stereocenters. The standard InChI is InChI=1S/C16H22N8O/c1-10-19-13(23-22-10)20-14(25)21-15-3-11-2-12(4-15)6-16(5-11,7-15)24-9-17-8-18-24/h8-9,11-12H,2-7H2,1H3,(H3,19,20,21,22,23,25)/t11-,12-,15?,16?/m1/s1. The number of nitrogens with zero attached hydrogens (tertiary/aromatic N) is 5. The number of aromatic amines is 1. The monoisotopic (exact) mass is 342 g/mol. The van der Waals surface area contributed by atoms with Crippen molar-refractivity contribution in [3.05, 3.63) is 18.5 Å². The Morgan fingerprint density at radius 1 is 1.32 bits per heavy atom. The number of aromatic nitrogens is 6. The fourth-order valence-electron chi connectivity index (χ4n) is 5.85. The molecule has 0 saturated heterocycles. The van der Waals surface area contributed by atoms with Crippen molar-refractivity contribution in [1.29, 1.82) is 0 Å². The zero-order valence-electron chi connectivity index (χ0n) is 14.2. The molecule has 9 nitrogen and oxygen atoms in total. The van der Waals surface area contributed by atoms with E-state index in [-0.39, 0.29) is 17.1 Å². The van der Waals surface area contributed by atoms with Crippen LogP contribution in [0.5, 0.6) is 0 Å². The van der Waals surface area contributed by atoms with E-state index in [9.17, 15) is 4.79 Å². The highest BCUT2D eigenvalue weighted by molar-refractivity contribution is 5.87. The largest absolute Gasteiger partial charge is 0.332 e. The van der Waals surface area contributed by atoms with E-state index in [1.54, 1.807) is 13.3 Å². The van der Waals surface area contributed by atoms with Gasteiger partial charge >= 0.3 is 6.03 Å². The average molecular weight is 342 g/mol. The van der Waals surface area contributed by atoms with Crippen LogP contribution in [0.25, 0.3) is 0 Å². The number of urea groups is 1. The van der Waals surface area contributed by atoms with Crippen molar-refractivity contribution in [3.63, 3.8) is 0 Å². The molecule has 0 radical (unpaired) electrons. The molecule has 6 rings (SSSR count). The first-order valence-electron chi connectivity index (χ1n) is 8.88. The minimum Gasteiger partial charge on any atom is -0.332 e. The van der Waals surface area contributed by atoms with Crippen molar-refractivity contribution >= 4 is 12.0 Å². The molecular formula is C16H22N8O. The lowest BCUT2D eigenvalue weighted by atomic mass is 9.50. The van der Waals surface area contributed by atoms with E-state index < -0.39 is 0 Å². The van der Waals surface area contributed by atoms with Gasteiger partial charge in [-0.25, -0.2) is 14.5 Å². The second-order valence-corrected chi connectivity index (χ2v) is 8.13. The molecule has 4 fully saturated rings. The summed E-state index contributed by atoms with van der Waals surface area (Å²) in [6.07, 6.45) is 9.98. The van der Waals surface area contributed by atoms with Crippen LogP contribution >= 0.6 is 0 Å². The Morgan fingerprint density at radius 3 is 2.76 bits per heavy atom. The number of carbonyl (C=O) groups is 1. The van der Waals surface area contributed by atoms with E-state index in [1.165, 1.54) is 6.42 Å². The number of hydrogen-bond acceptors (Lipinski definition) is 5. The number of nitrogens with one attached hydrogen (secondary N) is 3. The quantitative estimate of drug-likeness (QED) is 0.783. The Kier molecular flexibility index (Phi) is 2.99. The van der Waals surface area contributed by atoms with Crippen molar-refractivity contribution < 1.29 is 4.79 Å². The first-order valence-corrected chi connectivity index (χ1v) is 8.88. The van der Waals surface area contributed by atoms with Gasteiger partial charge in [-0.15, -0.1) is 5.10 Å². The third kappa shape index (κ3) is 2.40. The number of hydrogen-bond donors (Lipinski definition) is 3. The molecule has 0 aromatic carbocycles. The second-order valence-electron chi connectivity index (χ2n) is 8.13. The van der Waals surface area contributed by atoms with Crippen molar-refractivity contribution in [2.45, 2.75) is 56.5 Å². The minimum absolute atomic E-state index is 0.00492. The van der Waals surface area contributed by atoms with Crippen LogP contribution in [0.4, 0.5) is 10.7 Å². The molecule has 4 saturated carbocycles. The van der Waals surface area contributed by atoms with Gasteiger partial charge < -0.3 is 5.32 Å². The highest BCUT2D eigenvalue weighted by Gasteiger charge is 2.59. The molecule has 4 bridgehead atoms. The van der Waals surface area contributed by atoms with Gasteiger partial charge in [0.2, 0.25) is 5.95 Å². The maximum atomic E-state index is 12.5. The van der Waals surface area contributed by atoms with E-state index in [0.29, 0.717) is 23.6 Å². The highest BCUT2D eigenvalue weighted by atomic mass is 16.2. The molecule has 2 aromatic rings. The van der Waals surface area contributed by atoms with Gasteiger partial charge in [-0.1, -0.05) is 0 Å². The van der Waals surface area contributed by atoms with Crippen LogP contribution in [-0.2, 0) is 5.54 Å². The van der Waals surface area contributed by atoms with Gasteiger partial charge in [0.1, 0.15) is 18.5 Å². The Balaban J connectivity index is 1.38. The summed E-state index contributed by atoms with van der Waals surface area (Å²) in [5.74, 6) is 2.26. The van der Waals surface area contributed by atoms with Crippen LogP contribution in [0.1, 0.15) is 44.3 Å². The molecule has 2 aromatic heterocycles. The van der Waals surface area contributed by atoms with Crippen molar-refractivity contribution in [2.75, 3.05) is 5.32 Å². The fraction of sp³-hybridized carbons (Fsp3) is 0.688. The van der Waals surface area contributed by atoms with Crippen LogP contribution in [-0.4, -0.2) is 41.5 Å². The normalized spacial score (nSPS) is 35.7. The smallest absolute Gasteiger partial charge is 0.322 e. The van der Waals surface area contributed by atoms with E-state index in [2.05, 4.69) is 35.9 Å². The summed E-state index contributed by atoms with van der Waals surface area (Å²) in [5, 5.41) is 17.2. The van der Waals surface area contributed by atoms with Crippen molar-refractivity contribution in [1.82, 2.24) is 35.3 Å². The SMILES string of the molecule is Cc1nc(NC(=O)NC23C[C@H]4C[C@H](C2)CC(n2cncn2)(C4)C3)n[nH]1. The molecule has 132 valence electrons. The molecule has 9 heteroatoms. The van der Waals surface area contributed by atoms with Crippen LogP contribution in [0, 0.1) is 18.8 Å². The minimum atomic E-state index is -0.227. The van der Waals surface area contributed by atoms with Crippen molar-refractivity contribution in [3.8, 4) is 0 Å². The number of H-pyrrole nitrogens is 1. The summed E-state index contributed by atoms with van der Waals surface area (Å²) in [6, 6.07) is -0.227. The number of aryl methyl sites for hydroxylation is 1. The van der Waals surface area contributed by atoms with E-state index in [0.717, 1.165) is 32.1 Å². The third-order valence-corrected chi connectivity index (χ3v) is 6.14. The second kappa shape index (κ2) is 5.03. The van der Waals surface area contributed by atoms with E-state index in [1.807, 2.05) is 11.0 Å². The van der Waals surface area contributed by atoms with Crippen LogP contribution in [0.15, 0.2) is 12.7 Å². The lowest BCUT2D eigenvalue weighted by Crippen LogP contribution is -2.66. The number of amides is 2. The maximum absolute atomic E-state index is 12.5. The van der Waals surface area contributed by atoms with E-state index >= 15 is 0 Å². The van der Waals surface area contributed by atoms with Gasteiger partial charge in [-0.2, -0.15) is 10.1 Å². The molecule has 4 aliphatic rings. The molecule has 0 unspecified atom stereocenters. The van der Waals surface area contributed by atoms with Crippen LogP contribution in [0.2, 0.25) is 0 Å². The molecule has 4 aliphatic carbocycles. The average Bonchev–Trinajstić information content (AvgIpc) is 3.17. The predicted molar refractivity (Wildman–Crippen MR) is 88.7 cm³/mol. The first kappa shape index (κ1) is 14.9. The summed E-state index contributed by atoms with van der Waals surface area (Å²) in [4.78, 5) is 20.8. The van der Waals surface area contributed by atoms with Crippen LogP contribution in [0.3, 0.4) is 0 Å². The van der Waals surface area contributed by atoms with Gasteiger partial charge in [-0.05, 0) is 57.3 Å². The van der Waals surface area contributed by atoms with Gasteiger partial charge in [0.15, 0.2) is 0 Å². The molecule has 3 N–H and O–H groups in total. The Bertz CT molecular complexity index is 783. The highest BCUT2D eigenvalue weighted by Crippen LogP contribution is 2.60. The summed E-state index contributed by atoms with van der Waals surface area (Å²) in [7, 11) is 0. The molecule has 0 spiro atoms. The zero-order valence-corrected chi connectivity index (χ0v) is 14.2. The van der Waals surface area contributed by atoms with Gasteiger partial charge in [0.25, 0.3) is 0 Å². The number of rotatable bonds is 3. The Morgan fingerprint density at radius 2 is 2.12 bits per heavy atom. The molecule has 2 heterocycles. The summed E-state index contributed by atoms with van der Waals surface area (Å²) in [5.41, 5.74) is -0.180. The number of anilines is 1. The van der Waals surface area contributed by atoms with Gasteiger partial charge in [0.05, 0.1) is 5.54 Å². The van der Waals surface area contributed by atoms with Crippen LogP contribution < -0.4 is 10.6 Å². The van der Waals surface area contributed by atoms with Gasteiger partial charge in [0, 0.05) is 5.54 Å². The van der Waals surface area contributed by atoms with Crippen molar-refractivity contribution in [2.24, 2.45) is 11.8 Å². The zero-order chi connectivity index (χ0) is 17.1. The summed E-state index contributed by atoms with van der Waals surface area (Å²) in [6.45, 7) is 1.80. The number of carbonyl (C=O) groups excluding carboxylic acids is 1. The Hall–Kier alpha value is -2.45. The Labute approximate surface area is 145 Å². The first-order chi connectivity index (χ1) is 12.0. The van der Waals surface area contributed by atoms with Gasteiger partial charge in [-0.3, -0.25) is 10.4 Å². The summed E-state index contributed by atoms with van der Waals surface area (Å²) >= 11 is 0.